The maximum absolute atomic E-state index is 13.0. The van der Waals surface area contributed by atoms with E-state index in [2.05, 4.69) is 0 Å². The topological polar surface area (TPSA) is 207 Å². The van der Waals surface area contributed by atoms with Crippen LogP contribution in [-0.4, -0.2) is 90.1 Å². The molecule has 0 aromatic heterocycles. The number of benzene rings is 2. The van der Waals surface area contributed by atoms with Crippen LogP contribution in [0, 0.1) is 0 Å². The average molecular weight is 466 g/mol. The van der Waals surface area contributed by atoms with Crippen molar-refractivity contribution in [1.82, 2.24) is 0 Å². The number of rotatable bonds is 4. The highest BCUT2D eigenvalue weighted by atomic mass is 16.7. The molecule has 4 rings (SSSR count). The molecule has 2 aromatic carbocycles. The van der Waals surface area contributed by atoms with Gasteiger partial charge in [-0.1, -0.05) is 6.07 Å². The van der Waals surface area contributed by atoms with Gasteiger partial charge >= 0.3 is 0 Å². The smallest absolute Gasteiger partial charge is 0.229 e. The number of fused-ring (bicyclic) bond motifs is 1. The Labute approximate surface area is 186 Å². The van der Waals surface area contributed by atoms with Crippen LogP contribution in [0.2, 0.25) is 0 Å². The van der Waals surface area contributed by atoms with E-state index in [1.807, 2.05) is 0 Å². The summed E-state index contributed by atoms with van der Waals surface area (Å²) >= 11 is 0. The molecule has 12 nitrogen and oxygen atoms in total. The Morgan fingerprint density at radius 2 is 1.64 bits per heavy atom. The highest BCUT2D eigenvalue weighted by Gasteiger charge is 2.46. The number of carbonyl (C=O) groups excluding carboxylic acids is 1. The number of hydrogen-bond acceptors (Lipinski definition) is 12. The van der Waals surface area contributed by atoms with Crippen LogP contribution in [0.15, 0.2) is 30.3 Å². The van der Waals surface area contributed by atoms with Crippen molar-refractivity contribution >= 4 is 5.78 Å². The zero-order valence-corrected chi connectivity index (χ0v) is 16.8. The highest BCUT2D eigenvalue weighted by Crippen LogP contribution is 2.44. The Kier molecular flexibility index (Phi) is 6.05. The highest BCUT2D eigenvalue weighted by molar-refractivity contribution is 6.05. The summed E-state index contributed by atoms with van der Waals surface area (Å²) in [5.41, 5.74) is -0.131. The third kappa shape index (κ3) is 4.04. The van der Waals surface area contributed by atoms with Crippen LogP contribution in [0.3, 0.4) is 0 Å². The molecule has 12 heteroatoms. The van der Waals surface area contributed by atoms with Gasteiger partial charge in [0.2, 0.25) is 12.1 Å². The first kappa shape index (κ1) is 23.0. The number of hydrogen-bond donors (Lipinski definition) is 8. The van der Waals surface area contributed by atoms with E-state index < -0.39 is 72.6 Å². The molecule has 7 atom stereocenters. The van der Waals surface area contributed by atoms with E-state index in [0.717, 1.165) is 24.3 Å². The number of ether oxygens (including phenoxy) is 3. The van der Waals surface area contributed by atoms with Gasteiger partial charge in [-0.2, -0.15) is 0 Å². The third-order valence-corrected chi connectivity index (χ3v) is 5.53. The zero-order chi connectivity index (χ0) is 24.0. The Morgan fingerprint density at radius 1 is 0.909 bits per heavy atom. The number of phenols is 3. The minimum atomic E-state index is -1.78. The molecular weight excluding hydrogens is 444 g/mol. The van der Waals surface area contributed by atoms with E-state index in [-0.39, 0.29) is 22.6 Å². The Morgan fingerprint density at radius 3 is 2.30 bits per heavy atom. The van der Waals surface area contributed by atoms with Gasteiger partial charge in [-0.05, 0) is 17.7 Å². The van der Waals surface area contributed by atoms with E-state index >= 15 is 0 Å². The van der Waals surface area contributed by atoms with Gasteiger partial charge in [0.1, 0.15) is 47.2 Å². The second kappa shape index (κ2) is 8.67. The van der Waals surface area contributed by atoms with Crippen molar-refractivity contribution in [1.29, 1.82) is 0 Å². The van der Waals surface area contributed by atoms with Gasteiger partial charge in [-0.3, -0.25) is 4.79 Å². The van der Waals surface area contributed by atoms with Crippen LogP contribution in [0.1, 0.15) is 22.0 Å². The molecule has 2 aliphatic heterocycles. The molecule has 0 saturated carbocycles. The van der Waals surface area contributed by atoms with Crippen LogP contribution in [-0.2, 0) is 4.74 Å². The molecule has 0 unspecified atom stereocenters. The SMILES string of the molecule is O=C1c2c(O[C@H]3O[C@@H](CO)[C@H](O)[C@H](O)[C@@H]3O)cc(O)cc2O[C@H](c2ccc(O)c(O)c2)[C@@H]1O. The molecule has 2 aliphatic rings. The van der Waals surface area contributed by atoms with E-state index in [1.165, 1.54) is 6.07 Å². The van der Waals surface area contributed by atoms with Crippen molar-refractivity contribution in [2.24, 2.45) is 0 Å². The maximum atomic E-state index is 13.0. The molecule has 178 valence electrons. The zero-order valence-electron chi connectivity index (χ0n) is 16.8. The Hall–Kier alpha value is -3.13. The van der Waals surface area contributed by atoms with Crippen LogP contribution in [0.4, 0.5) is 0 Å². The minimum Gasteiger partial charge on any atom is -0.508 e. The van der Waals surface area contributed by atoms with E-state index in [4.69, 9.17) is 14.2 Å². The van der Waals surface area contributed by atoms with Gasteiger partial charge in [-0.25, -0.2) is 0 Å². The monoisotopic (exact) mass is 466 g/mol. The molecule has 0 bridgehead atoms. The van der Waals surface area contributed by atoms with E-state index in [0.29, 0.717) is 0 Å². The molecule has 2 heterocycles. The van der Waals surface area contributed by atoms with E-state index in [1.54, 1.807) is 0 Å². The van der Waals surface area contributed by atoms with Gasteiger partial charge < -0.3 is 55.1 Å². The second-order valence-electron chi connectivity index (χ2n) is 7.73. The summed E-state index contributed by atoms with van der Waals surface area (Å²) in [4.78, 5) is 13.0. The van der Waals surface area contributed by atoms with Crippen LogP contribution in [0.5, 0.6) is 28.7 Å². The van der Waals surface area contributed by atoms with Crippen LogP contribution in [0.25, 0.3) is 0 Å². The van der Waals surface area contributed by atoms with Crippen LogP contribution < -0.4 is 9.47 Å². The maximum Gasteiger partial charge on any atom is 0.229 e. The molecule has 1 fully saturated rings. The van der Waals surface area contributed by atoms with Gasteiger partial charge in [0.05, 0.1) is 6.61 Å². The van der Waals surface area contributed by atoms with Crippen molar-refractivity contribution in [3.63, 3.8) is 0 Å². The van der Waals surface area contributed by atoms with Crippen LogP contribution >= 0.6 is 0 Å². The fourth-order valence-electron chi connectivity index (χ4n) is 3.75. The fraction of sp³-hybridized carbons (Fsp3) is 0.381. The predicted octanol–water partition coefficient (Wildman–Crippen LogP) is -1.34. The molecule has 33 heavy (non-hydrogen) atoms. The molecular formula is C21H22O12. The van der Waals surface area contributed by atoms with Gasteiger partial charge in [-0.15, -0.1) is 0 Å². The molecule has 8 N–H and O–H groups in total. The minimum absolute atomic E-state index is 0.163. The van der Waals surface area contributed by atoms with E-state index in [9.17, 15) is 45.6 Å². The van der Waals surface area contributed by atoms with Crippen molar-refractivity contribution in [3.8, 4) is 28.7 Å². The average Bonchev–Trinajstić information content (AvgIpc) is 2.78. The number of ketones is 1. The predicted molar refractivity (Wildman–Crippen MR) is 106 cm³/mol. The number of carbonyl (C=O) groups is 1. The number of Topliss-reactive ketones (excluding diaryl/α,β-unsaturated/α-hetero) is 1. The van der Waals surface area contributed by atoms with Crippen molar-refractivity contribution in [3.05, 3.63) is 41.5 Å². The lowest BCUT2D eigenvalue weighted by atomic mass is 9.92. The number of aliphatic hydroxyl groups excluding tert-OH is 5. The summed E-state index contributed by atoms with van der Waals surface area (Å²) in [6.45, 7) is -0.704. The Balaban J connectivity index is 1.68. The first-order valence-corrected chi connectivity index (χ1v) is 9.87. The molecule has 0 aliphatic carbocycles. The summed E-state index contributed by atoms with van der Waals surface area (Å²) in [6.07, 6.45) is -11.1. The Bertz CT molecular complexity index is 1050. The summed E-state index contributed by atoms with van der Waals surface area (Å²) in [7, 11) is 0. The fourth-order valence-corrected chi connectivity index (χ4v) is 3.75. The molecule has 0 spiro atoms. The number of aromatic hydroxyl groups is 3. The lowest BCUT2D eigenvalue weighted by molar-refractivity contribution is -0.277. The molecule has 1 saturated heterocycles. The lowest BCUT2D eigenvalue weighted by Gasteiger charge is -2.40. The largest absolute Gasteiger partial charge is 0.508 e. The second-order valence-corrected chi connectivity index (χ2v) is 7.73. The van der Waals surface area contributed by atoms with Gasteiger partial charge in [0, 0.05) is 12.1 Å². The van der Waals surface area contributed by atoms with Crippen molar-refractivity contribution < 1.29 is 59.9 Å². The standard InChI is InChI=1S/C21H22O12/c22-6-13-15(26)17(28)19(30)21(33-13)32-12-5-8(23)4-11-14(12)16(27)18(29)20(31-11)7-1-2-9(24)10(25)3-7/h1-5,13,15,17-26,28-30H,6H2/t13-,15-,17-,18+,19-,20+,21-/m0/s1. The lowest BCUT2D eigenvalue weighted by Crippen LogP contribution is -2.60. The third-order valence-electron chi connectivity index (χ3n) is 5.53. The first-order valence-electron chi connectivity index (χ1n) is 9.87. The van der Waals surface area contributed by atoms with Gasteiger partial charge in [0.25, 0.3) is 0 Å². The number of aliphatic hydroxyl groups is 5. The molecule has 0 amide bonds. The first-order chi connectivity index (χ1) is 15.6. The summed E-state index contributed by atoms with van der Waals surface area (Å²) in [6, 6.07) is 5.68. The molecule has 0 radical (unpaired) electrons. The molecule has 2 aromatic rings. The summed E-state index contributed by atoms with van der Waals surface area (Å²) < 4.78 is 16.4. The van der Waals surface area contributed by atoms with Crippen molar-refractivity contribution in [2.45, 2.75) is 42.9 Å². The summed E-state index contributed by atoms with van der Waals surface area (Å²) in [5, 5.41) is 79.3. The quantitative estimate of drug-likeness (QED) is 0.246. The van der Waals surface area contributed by atoms with Gasteiger partial charge in [0.15, 0.2) is 23.7 Å². The van der Waals surface area contributed by atoms with Crippen molar-refractivity contribution in [2.75, 3.05) is 6.61 Å². The number of phenolic OH excluding ortho intramolecular Hbond substituents is 3. The summed E-state index contributed by atoms with van der Waals surface area (Å²) in [5.74, 6) is -2.75. The normalized spacial score (nSPS) is 31.5.